The molecule has 1 N–H and O–H groups in total. The maximum absolute atomic E-state index is 4.29. The summed E-state index contributed by atoms with van der Waals surface area (Å²) in [6, 6.07) is 6.41. The number of anilines is 1. The van der Waals surface area contributed by atoms with Gasteiger partial charge in [0.2, 0.25) is 0 Å². The molecule has 2 aromatic rings. The van der Waals surface area contributed by atoms with E-state index in [1.54, 1.807) is 0 Å². The summed E-state index contributed by atoms with van der Waals surface area (Å²) in [5, 5.41) is 7.36. The van der Waals surface area contributed by atoms with Crippen LogP contribution in [0.2, 0.25) is 0 Å². The Balaban J connectivity index is 2.44. The zero-order valence-corrected chi connectivity index (χ0v) is 9.28. The molecule has 1 aromatic carbocycles. The van der Waals surface area contributed by atoms with Gasteiger partial charge in [-0.2, -0.15) is 5.10 Å². The van der Waals surface area contributed by atoms with Crippen molar-refractivity contribution < 1.29 is 0 Å². The summed E-state index contributed by atoms with van der Waals surface area (Å²) in [5.41, 5.74) is 4.64. The van der Waals surface area contributed by atoms with E-state index in [2.05, 4.69) is 42.5 Å². The molecule has 0 saturated carbocycles. The van der Waals surface area contributed by atoms with Crippen molar-refractivity contribution >= 4 is 5.69 Å². The Bertz CT molecular complexity index is 451. The number of aromatic nitrogens is 2. The lowest BCUT2D eigenvalue weighted by atomic mass is 10.1. The first-order valence-corrected chi connectivity index (χ1v) is 5.00. The second kappa shape index (κ2) is 3.77. The van der Waals surface area contributed by atoms with Crippen LogP contribution < -0.4 is 5.32 Å². The molecule has 0 unspecified atom stereocenters. The molecule has 15 heavy (non-hydrogen) atoms. The first-order chi connectivity index (χ1) is 7.19. The molecular weight excluding hydrogens is 186 g/mol. The average Bonchev–Trinajstić information content (AvgIpc) is 2.64. The third-order valence-electron chi connectivity index (χ3n) is 2.34. The average molecular weight is 201 g/mol. The Hall–Kier alpha value is -1.77. The zero-order chi connectivity index (χ0) is 10.8. The molecule has 78 valence electrons. The van der Waals surface area contributed by atoms with Crippen LogP contribution in [0.5, 0.6) is 0 Å². The number of aryl methyl sites for hydroxylation is 2. The van der Waals surface area contributed by atoms with E-state index in [9.17, 15) is 0 Å². The number of rotatable bonds is 2. The van der Waals surface area contributed by atoms with E-state index in [0.29, 0.717) is 0 Å². The molecule has 0 bridgehead atoms. The summed E-state index contributed by atoms with van der Waals surface area (Å²) < 4.78 is 1.88. The highest BCUT2D eigenvalue weighted by molar-refractivity contribution is 5.44. The summed E-state index contributed by atoms with van der Waals surface area (Å²) in [4.78, 5) is 0. The maximum atomic E-state index is 4.29. The zero-order valence-electron chi connectivity index (χ0n) is 9.28. The van der Waals surface area contributed by atoms with Gasteiger partial charge < -0.3 is 5.32 Å². The molecule has 0 fully saturated rings. The minimum absolute atomic E-state index is 1.02. The third kappa shape index (κ3) is 2.01. The topological polar surface area (TPSA) is 29.9 Å². The van der Waals surface area contributed by atoms with Crippen LogP contribution in [0.4, 0.5) is 5.69 Å². The van der Waals surface area contributed by atoms with Crippen molar-refractivity contribution in [2.45, 2.75) is 13.8 Å². The number of nitrogens with one attached hydrogen (secondary N) is 1. The molecule has 0 saturated heterocycles. The minimum atomic E-state index is 1.02. The lowest BCUT2D eigenvalue weighted by Crippen LogP contribution is -1.95. The molecule has 0 aliphatic rings. The van der Waals surface area contributed by atoms with Crippen LogP contribution in [0.25, 0.3) is 5.69 Å². The highest BCUT2D eigenvalue weighted by Gasteiger charge is 2.00. The van der Waals surface area contributed by atoms with Crippen LogP contribution in [-0.4, -0.2) is 16.8 Å². The standard InChI is InChI=1S/C12H15N3/c1-9-4-10(2)6-12(5-9)15-8-11(13-3)7-14-15/h4-8,13H,1-3H3. The largest absolute Gasteiger partial charge is 0.386 e. The Morgan fingerprint density at radius 2 is 1.80 bits per heavy atom. The van der Waals surface area contributed by atoms with Crippen molar-refractivity contribution in [2.24, 2.45) is 0 Å². The normalized spacial score (nSPS) is 10.3. The predicted molar refractivity (Wildman–Crippen MR) is 62.6 cm³/mol. The molecule has 0 aliphatic carbocycles. The Morgan fingerprint density at radius 3 is 2.33 bits per heavy atom. The van der Waals surface area contributed by atoms with Crippen LogP contribution in [0, 0.1) is 13.8 Å². The Labute approximate surface area is 89.7 Å². The molecule has 1 aromatic heterocycles. The fraction of sp³-hybridized carbons (Fsp3) is 0.250. The molecule has 0 amide bonds. The number of benzene rings is 1. The fourth-order valence-corrected chi connectivity index (χ4v) is 1.68. The van der Waals surface area contributed by atoms with Gasteiger partial charge in [0.25, 0.3) is 0 Å². The smallest absolute Gasteiger partial charge is 0.0728 e. The van der Waals surface area contributed by atoms with E-state index in [1.807, 2.05) is 24.1 Å². The van der Waals surface area contributed by atoms with Crippen molar-refractivity contribution in [3.05, 3.63) is 41.7 Å². The minimum Gasteiger partial charge on any atom is -0.386 e. The first-order valence-electron chi connectivity index (χ1n) is 5.00. The van der Waals surface area contributed by atoms with Gasteiger partial charge in [-0.15, -0.1) is 0 Å². The number of nitrogens with zero attached hydrogens (tertiary/aromatic N) is 2. The van der Waals surface area contributed by atoms with E-state index in [-0.39, 0.29) is 0 Å². The van der Waals surface area contributed by atoms with Crippen molar-refractivity contribution in [1.82, 2.24) is 9.78 Å². The lowest BCUT2D eigenvalue weighted by Gasteiger charge is -2.04. The molecule has 2 rings (SSSR count). The molecule has 0 spiro atoms. The molecule has 0 atom stereocenters. The van der Waals surface area contributed by atoms with E-state index in [4.69, 9.17) is 0 Å². The number of hydrogen-bond acceptors (Lipinski definition) is 2. The molecule has 3 nitrogen and oxygen atoms in total. The van der Waals surface area contributed by atoms with Gasteiger partial charge in [0, 0.05) is 7.05 Å². The highest BCUT2D eigenvalue weighted by Crippen LogP contribution is 2.14. The van der Waals surface area contributed by atoms with Crippen molar-refractivity contribution in [1.29, 1.82) is 0 Å². The van der Waals surface area contributed by atoms with Gasteiger partial charge >= 0.3 is 0 Å². The van der Waals surface area contributed by atoms with Gasteiger partial charge in [0.05, 0.1) is 23.8 Å². The van der Waals surface area contributed by atoms with Gasteiger partial charge in [-0.05, 0) is 37.1 Å². The van der Waals surface area contributed by atoms with Crippen molar-refractivity contribution in [2.75, 3.05) is 12.4 Å². The van der Waals surface area contributed by atoms with Crippen molar-refractivity contribution in [3.63, 3.8) is 0 Å². The van der Waals surface area contributed by atoms with E-state index in [0.717, 1.165) is 11.4 Å². The lowest BCUT2D eigenvalue weighted by molar-refractivity contribution is 0.878. The van der Waals surface area contributed by atoms with Crippen LogP contribution in [0.1, 0.15) is 11.1 Å². The molecule has 0 radical (unpaired) electrons. The summed E-state index contributed by atoms with van der Waals surface area (Å²) in [6.45, 7) is 4.19. The van der Waals surface area contributed by atoms with E-state index >= 15 is 0 Å². The monoisotopic (exact) mass is 201 g/mol. The van der Waals surface area contributed by atoms with Gasteiger partial charge in [0.1, 0.15) is 0 Å². The SMILES string of the molecule is CNc1cnn(-c2cc(C)cc(C)c2)c1. The summed E-state index contributed by atoms with van der Waals surface area (Å²) in [5.74, 6) is 0. The molecule has 0 aliphatic heterocycles. The summed E-state index contributed by atoms with van der Waals surface area (Å²) >= 11 is 0. The summed E-state index contributed by atoms with van der Waals surface area (Å²) in [7, 11) is 1.89. The molecule has 1 heterocycles. The number of hydrogen-bond donors (Lipinski definition) is 1. The highest BCUT2D eigenvalue weighted by atomic mass is 15.3. The quantitative estimate of drug-likeness (QED) is 0.809. The van der Waals surface area contributed by atoms with Crippen LogP contribution in [0.15, 0.2) is 30.6 Å². The maximum Gasteiger partial charge on any atom is 0.0728 e. The van der Waals surface area contributed by atoms with Gasteiger partial charge in [-0.3, -0.25) is 0 Å². The third-order valence-corrected chi connectivity index (χ3v) is 2.34. The van der Waals surface area contributed by atoms with Crippen LogP contribution >= 0.6 is 0 Å². The second-order valence-electron chi connectivity index (χ2n) is 3.77. The van der Waals surface area contributed by atoms with E-state index in [1.165, 1.54) is 11.1 Å². The first kappa shape index (κ1) is 9.77. The molecule has 3 heteroatoms. The Morgan fingerprint density at radius 1 is 1.13 bits per heavy atom. The van der Waals surface area contributed by atoms with Crippen LogP contribution in [0.3, 0.4) is 0 Å². The molecular formula is C12H15N3. The Kier molecular flexibility index (Phi) is 2.46. The van der Waals surface area contributed by atoms with Gasteiger partial charge in [0.15, 0.2) is 0 Å². The fourth-order valence-electron chi connectivity index (χ4n) is 1.68. The predicted octanol–water partition coefficient (Wildman–Crippen LogP) is 2.53. The van der Waals surface area contributed by atoms with Crippen LogP contribution in [-0.2, 0) is 0 Å². The van der Waals surface area contributed by atoms with E-state index < -0.39 is 0 Å². The van der Waals surface area contributed by atoms with Crippen molar-refractivity contribution in [3.8, 4) is 5.69 Å². The van der Waals surface area contributed by atoms with Gasteiger partial charge in [-0.25, -0.2) is 4.68 Å². The van der Waals surface area contributed by atoms with Gasteiger partial charge in [-0.1, -0.05) is 6.07 Å². The summed E-state index contributed by atoms with van der Waals surface area (Å²) in [6.07, 6.45) is 3.80. The second-order valence-corrected chi connectivity index (χ2v) is 3.77.